The Morgan fingerprint density at radius 3 is 2.33 bits per heavy atom. The number of fused-ring (bicyclic) bond motifs is 1. The van der Waals surface area contributed by atoms with Crippen molar-refractivity contribution in [2.75, 3.05) is 11.1 Å². The Morgan fingerprint density at radius 2 is 1.64 bits per heavy atom. The number of nitrogen functional groups attached to an aromatic ring is 1. The molecule has 1 amide bonds. The molecule has 0 radical (unpaired) electrons. The molecule has 2 aromatic heterocycles. The summed E-state index contributed by atoms with van der Waals surface area (Å²) in [7, 11) is 0. The van der Waals surface area contributed by atoms with E-state index in [0.29, 0.717) is 10.2 Å². The number of hydrogen-bond donors (Lipinski definition) is 2. The number of nitrogens with two attached hydrogens (primary N) is 1. The predicted molar refractivity (Wildman–Crippen MR) is 139 cm³/mol. The zero-order valence-electron chi connectivity index (χ0n) is 19.1. The smallest absolute Gasteiger partial charge is 0.397 e. The molecular formula is C28H20F3N3OS. The fourth-order valence-electron chi connectivity index (χ4n) is 3.97. The molecule has 36 heavy (non-hydrogen) atoms. The summed E-state index contributed by atoms with van der Waals surface area (Å²) in [6.07, 6.45) is -4.52. The maximum absolute atomic E-state index is 13.1. The molecular weight excluding hydrogens is 483 g/mol. The van der Waals surface area contributed by atoms with Gasteiger partial charge in [-0.05, 0) is 42.3 Å². The highest BCUT2D eigenvalue weighted by atomic mass is 32.1. The van der Waals surface area contributed by atoms with Crippen LogP contribution in [0.25, 0.3) is 32.6 Å². The van der Waals surface area contributed by atoms with E-state index in [0.717, 1.165) is 51.4 Å². The second-order valence-corrected chi connectivity index (χ2v) is 9.34. The molecule has 180 valence electrons. The summed E-state index contributed by atoms with van der Waals surface area (Å²) in [5, 5.41) is 3.18. The lowest BCUT2D eigenvalue weighted by Gasteiger charge is -2.10. The van der Waals surface area contributed by atoms with Crippen LogP contribution in [0.1, 0.15) is 20.8 Å². The number of nitrogens with one attached hydrogen (secondary N) is 1. The molecule has 0 aliphatic rings. The van der Waals surface area contributed by atoms with Gasteiger partial charge in [0.2, 0.25) is 0 Å². The molecule has 0 bridgehead atoms. The number of hydrogen-bond acceptors (Lipinski definition) is 4. The topological polar surface area (TPSA) is 68.0 Å². The fourth-order valence-corrected chi connectivity index (χ4v) is 4.98. The van der Waals surface area contributed by atoms with Gasteiger partial charge in [-0.15, -0.1) is 11.3 Å². The lowest BCUT2D eigenvalue weighted by atomic mass is 9.99. The summed E-state index contributed by atoms with van der Waals surface area (Å²) >= 11 is 1.11. The first-order chi connectivity index (χ1) is 17.2. The number of aryl methyl sites for hydroxylation is 1. The van der Waals surface area contributed by atoms with E-state index in [1.807, 2.05) is 67.6 Å². The van der Waals surface area contributed by atoms with Crippen LogP contribution < -0.4 is 11.1 Å². The molecule has 5 aromatic rings. The highest BCUT2D eigenvalue weighted by molar-refractivity contribution is 7.21. The van der Waals surface area contributed by atoms with Gasteiger partial charge in [-0.2, -0.15) is 13.2 Å². The second-order valence-electron chi connectivity index (χ2n) is 8.34. The molecule has 0 saturated carbocycles. The molecule has 0 aliphatic carbocycles. The van der Waals surface area contributed by atoms with Crippen LogP contribution in [0.15, 0.2) is 84.9 Å². The largest absolute Gasteiger partial charge is 0.416 e. The molecule has 8 heteroatoms. The number of rotatable bonds is 4. The first-order valence-electron chi connectivity index (χ1n) is 11.0. The third kappa shape index (κ3) is 4.55. The fraction of sp³-hybridized carbons (Fsp3) is 0.0714. The quantitative estimate of drug-likeness (QED) is 0.263. The van der Waals surface area contributed by atoms with E-state index < -0.39 is 17.6 Å². The molecule has 5 rings (SSSR count). The van der Waals surface area contributed by atoms with E-state index in [1.54, 1.807) is 0 Å². The molecule has 0 saturated heterocycles. The first-order valence-corrected chi connectivity index (χ1v) is 11.9. The number of nitrogens with zero attached hydrogens (tertiary/aromatic N) is 1. The number of pyridine rings is 1. The number of carbonyl (C=O) groups is 1. The maximum atomic E-state index is 13.1. The number of anilines is 2. The van der Waals surface area contributed by atoms with Crippen LogP contribution in [0.2, 0.25) is 0 Å². The van der Waals surface area contributed by atoms with E-state index in [9.17, 15) is 18.0 Å². The Kier molecular flexibility index (Phi) is 5.97. The van der Waals surface area contributed by atoms with Crippen LogP contribution in [0.5, 0.6) is 0 Å². The monoisotopic (exact) mass is 503 g/mol. The van der Waals surface area contributed by atoms with Crippen molar-refractivity contribution in [3.05, 3.63) is 101 Å². The van der Waals surface area contributed by atoms with Crippen LogP contribution in [-0.2, 0) is 6.18 Å². The van der Waals surface area contributed by atoms with Crippen LogP contribution in [0.3, 0.4) is 0 Å². The van der Waals surface area contributed by atoms with Gasteiger partial charge in [0.05, 0.1) is 16.9 Å². The molecule has 3 N–H and O–H groups in total. The van der Waals surface area contributed by atoms with Gasteiger partial charge in [0.1, 0.15) is 9.71 Å². The van der Waals surface area contributed by atoms with Crippen LogP contribution in [0.4, 0.5) is 24.5 Å². The summed E-state index contributed by atoms with van der Waals surface area (Å²) in [5.41, 5.74) is 10.4. The van der Waals surface area contributed by atoms with Gasteiger partial charge in [0, 0.05) is 16.6 Å². The number of carbonyl (C=O) groups excluding carboxylic acids is 1. The van der Waals surface area contributed by atoms with Crippen molar-refractivity contribution in [3.8, 4) is 22.4 Å². The van der Waals surface area contributed by atoms with Gasteiger partial charge in [0.25, 0.3) is 5.91 Å². The molecule has 0 atom stereocenters. The van der Waals surface area contributed by atoms with Crippen molar-refractivity contribution >= 4 is 38.8 Å². The first kappa shape index (κ1) is 23.6. The molecule has 0 spiro atoms. The van der Waals surface area contributed by atoms with Crippen LogP contribution in [0, 0.1) is 6.92 Å². The minimum atomic E-state index is -4.52. The zero-order chi connectivity index (χ0) is 25.4. The summed E-state index contributed by atoms with van der Waals surface area (Å²) in [5.74, 6) is -0.592. The van der Waals surface area contributed by atoms with E-state index in [-0.39, 0.29) is 16.3 Å². The number of amides is 1. The number of halogens is 3. The van der Waals surface area contributed by atoms with Crippen LogP contribution >= 0.6 is 11.3 Å². The predicted octanol–water partition coefficient (Wildman–Crippen LogP) is 7.79. The van der Waals surface area contributed by atoms with Crippen molar-refractivity contribution in [2.45, 2.75) is 13.1 Å². The Balaban J connectivity index is 1.62. The Bertz CT molecular complexity index is 1580. The van der Waals surface area contributed by atoms with Gasteiger partial charge in [-0.1, -0.05) is 66.2 Å². The third-order valence-corrected chi connectivity index (χ3v) is 6.88. The highest BCUT2D eigenvalue weighted by Gasteiger charge is 2.30. The van der Waals surface area contributed by atoms with Crippen molar-refractivity contribution < 1.29 is 18.0 Å². The van der Waals surface area contributed by atoms with Gasteiger partial charge < -0.3 is 11.1 Å². The number of benzene rings is 3. The number of aromatic nitrogens is 1. The Hall–Kier alpha value is -4.17. The van der Waals surface area contributed by atoms with Crippen molar-refractivity contribution in [1.29, 1.82) is 0 Å². The summed E-state index contributed by atoms with van der Waals surface area (Å²) in [6, 6.07) is 24.0. The van der Waals surface area contributed by atoms with Crippen molar-refractivity contribution in [3.63, 3.8) is 0 Å². The van der Waals surface area contributed by atoms with Gasteiger partial charge in [0.15, 0.2) is 0 Å². The third-order valence-electron chi connectivity index (χ3n) is 5.79. The number of thiophene rings is 1. The normalized spacial score (nSPS) is 11.6. The molecule has 3 aromatic carbocycles. The van der Waals surface area contributed by atoms with Crippen molar-refractivity contribution in [1.82, 2.24) is 4.98 Å². The highest BCUT2D eigenvalue weighted by Crippen LogP contribution is 2.41. The number of alkyl halides is 3. The molecule has 4 nitrogen and oxygen atoms in total. The Labute approximate surface area is 209 Å². The van der Waals surface area contributed by atoms with Gasteiger partial charge in [-0.3, -0.25) is 4.79 Å². The minimum Gasteiger partial charge on any atom is -0.397 e. The van der Waals surface area contributed by atoms with Gasteiger partial charge >= 0.3 is 6.18 Å². The summed E-state index contributed by atoms with van der Waals surface area (Å²) in [4.78, 5) is 18.7. The molecule has 0 fully saturated rings. The van der Waals surface area contributed by atoms with Crippen LogP contribution in [-0.4, -0.2) is 10.9 Å². The average molecular weight is 504 g/mol. The SMILES string of the molecule is Cc1ccc(-c2cc(-c3ccccc3)c3c(N)c(C(=O)Nc4cccc(C(F)(F)F)c4)sc3n2)cc1. The van der Waals surface area contributed by atoms with E-state index in [1.165, 1.54) is 12.1 Å². The zero-order valence-corrected chi connectivity index (χ0v) is 19.9. The van der Waals surface area contributed by atoms with E-state index >= 15 is 0 Å². The molecule has 0 unspecified atom stereocenters. The maximum Gasteiger partial charge on any atom is 0.416 e. The van der Waals surface area contributed by atoms with E-state index in [4.69, 9.17) is 10.7 Å². The molecule has 2 heterocycles. The standard InChI is InChI=1S/C28H20F3N3OS/c1-16-10-12-18(13-11-16)22-15-21(17-6-3-2-4-7-17)23-24(32)25(36-27(23)34-22)26(35)33-20-9-5-8-19(14-20)28(29,30)31/h2-15H,32H2,1H3,(H,33,35). The van der Waals surface area contributed by atoms with Gasteiger partial charge in [-0.25, -0.2) is 4.98 Å². The summed E-state index contributed by atoms with van der Waals surface area (Å²) in [6.45, 7) is 2.01. The summed E-state index contributed by atoms with van der Waals surface area (Å²) < 4.78 is 39.3. The Morgan fingerprint density at radius 1 is 0.917 bits per heavy atom. The molecule has 0 aliphatic heterocycles. The average Bonchev–Trinajstić information content (AvgIpc) is 3.20. The second kappa shape index (κ2) is 9.13. The minimum absolute atomic E-state index is 0.0308. The van der Waals surface area contributed by atoms with Crippen molar-refractivity contribution in [2.24, 2.45) is 0 Å². The van der Waals surface area contributed by atoms with E-state index in [2.05, 4.69) is 5.32 Å². The lowest BCUT2D eigenvalue weighted by Crippen LogP contribution is -2.13. The lowest BCUT2D eigenvalue weighted by molar-refractivity contribution is -0.137.